The van der Waals surface area contributed by atoms with E-state index in [0.29, 0.717) is 31.8 Å². The largest absolute Gasteiger partial charge is 0.467 e. The lowest BCUT2D eigenvalue weighted by molar-refractivity contribution is 0.495. The van der Waals surface area contributed by atoms with Crippen LogP contribution in [0.5, 0.6) is 0 Å². The van der Waals surface area contributed by atoms with Gasteiger partial charge in [-0.15, -0.1) is 0 Å². The molecule has 35 heavy (non-hydrogen) atoms. The molecule has 3 aromatic heterocycles. The van der Waals surface area contributed by atoms with Gasteiger partial charge in [-0.2, -0.15) is 0 Å². The highest BCUT2D eigenvalue weighted by Gasteiger charge is 2.19. The van der Waals surface area contributed by atoms with Gasteiger partial charge in [0, 0.05) is 5.75 Å². The Bertz CT molecular complexity index is 1570. The number of benzene rings is 2. The summed E-state index contributed by atoms with van der Waals surface area (Å²) in [6.45, 7) is 7.06. The molecule has 0 aliphatic rings. The minimum Gasteiger partial charge on any atom is -0.467 e. The standard InChI is InChI=1S/C27H25N3O2S3/c1-27(2,3)19-13-11-18(12-14-19)17-34-25-28-23-22(24(31)30(25)20-8-5-4-6-9-20)35-26(33)29(23)16-21-10-7-15-32-21/h4-15H,16-17H2,1-3H3. The maximum Gasteiger partial charge on any atom is 0.278 e. The first-order valence-electron chi connectivity index (χ1n) is 11.3. The van der Waals surface area contributed by atoms with Crippen LogP contribution >= 0.6 is 35.3 Å². The van der Waals surface area contributed by atoms with Crippen molar-refractivity contribution in [3.8, 4) is 5.69 Å². The molecule has 0 aliphatic heterocycles. The fourth-order valence-corrected chi connectivity index (χ4v) is 6.04. The summed E-state index contributed by atoms with van der Waals surface area (Å²) in [7, 11) is 0. The normalized spacial score (nSPS) is 11.9. The van der Waals surface area contributed by atoms with Gasteiger partial charge in [0.2, 0.25) is 0 Å². The molecule has 5 aromatic rings. The molecule has 0 spiro atoms. The summed E-state index contributed by atoms with van der Waals surface area (Å²) < 4.78 is 10.2. The number of hydrogen-bond donors (Lipinski definition) is 0. The average Bonchev–Trinajstić information content (AvgIpc) is 3.47. The Morgan fingerprint density at radius 1 is 1.03 bits per heavy atom. The van der Waals surface area contributed by atoms with E-state index in [2.05, 4.69) is 45.0 Å². The highest BCUT2D eigenvalue weighted by atomic mass is 32.2. The molecule has 2 aromatic carbocycles. The molecular weight excluding hydrogens is 495 g/mol. The number of hydrogen-bond acceptors (Lipinski definition) is 6. The Hall–Kier alpha value is -2.94. The van der Waals surface area contributed by atoms with Gasteiger partial charge < -0.3 is 4.42 Å². The molecule has 0 unspecified atom stereocenters. The van der Waals surface area contributed by atoms with Crippen LogP contribution in [0.2, 0.25) is 0 Å². The maximum atomic E-state index is 13.7. The molecule has 178 valence electrons. The van der Waals surface area contributed by atoms with Crippen LogP contribution in [0.3, 0.4) is 0 Å². The van der Waals surface area contributed by atoms with E-state index in [4.69, 9.17) is 21.6 Å². The van der Waals surface area contributed by atoms with Gasteiger partial charge in [-0.25, -0.2) is 4.98 Å². The average molecular weight is 520 g/mol. The summed E-state index contributed by atoms with van der Waals surface area (Å²) in [6.07, 6.45) is 1.63. The minimum absolute atomic E-state index is 0.106. The number of para-hydroxylation sites is 1. The highest BCUT2D eigenvalue weighted by Crippen LogP contribution is 2.29. The second-order valence-corrected chi connectivity index (χ2v) is 11.9. The van der Waals surface area contributed by atoms with Crippen molar-refractivity contribution in [3.63, 3.8) is 0 Å². The molecule has 0 fully saturated rings. The molecule has 0 aliphatic carbocycles. The van der Waals surface area contributed by atoms with Crippen molar-refractivity contribution in [1.29, 1.82) is 0 Å². The maximum absolute atomic E-state index is 13.7. The lowest BCUT2D eigenvalue weighted by atomic mass is 9.87. The monoisotopic (exact) mass is 519 g/mol. The van der Waals surface area contributed by atoms with Gasteiger partial charge in [0.05, 0.1) is 18.5 Å². The van der Waals surface area contributed by atoms with E-state index >= 15 is 0 Å². The van der Waals surface area contributed by atoms with E-state index < -0.39 is 0 Å². The topological polar surface area (TPSA) is 53.0 Å². The third kappa shape index (κ3) is 4.91. The summed E-state index contributed by atoms with van der Waals surface area (Å²) in [5.41, 5.74) is 3.85. The Morgan fingerprint density at radius 2 is 1.77 bits per heavy atom. The van der Waals surface area contributed by atoms with Gasteiger partial charge in [0.25, 0.3) is 5.56 Å². The van der Waals surface area contributed by atoms with Crippen LogP contribution in [0.15, 0.2) is 87.4 Å². The molecular formula is C27H25N3O2S3. The molecule has 0 bridgehead atoms. The molecule has 0 amide bonds. The number of nitrogens with zero attached hydrogens (tertiary/aromatic N) is 3. The Balaban J connectivity index is 1.58. The summed E-state index contributed by atoms with van der Waals surface area (Å²) >= 11 is 8.46. The van der Waals surface area contributed by atoms with Gasteiger partial charge in [-0.05, 0) is 53.0 Å². The third-order valence-electron chi connectivity index (χ3n) is 5.76. The number of thiazole rings is 1. The number of thioether (sulfide) groups is 1. The number of furan rings is 1. The van der Waals surface area contributed by atoms with E-state index in [1.165, 1.54) is 22.5 Å². The quantitative estimate of drug-likeness (QED) is 0.135. The van der Waals surface area contributed by atoms with Crippen molar-refractivity contribution >= 4 is 45.7 Å². The molecule has 0 atom stereocenters. The third-order valence-corrected chi connectivity index (χ3v) is 8.19. The van der Waals surface area contributed by atoms with E-state index in [9.17, 15) is 4.79 Å². The molecule has 3 heterocycles. The molecule has 5 nitrogen and oxygen atoms in total. The molecule has 0 saturated carbocycles. The second kappa shape index (κ2) is 9.60. The first-order valence-corrected chi connectivity index (χ1v) is 13.5. The van der Waals surface area contributed by atoms with E-state index in [1.54, 1.807) is 22.6 Å². The SMILES string of the molecule is CC(C)(C)c1ccc(CSc2nc3c(sc(=S)n3Cc3ccco3)c(=O)n2-c2ccccc2)cc1. The number of fused-ring (bicyclic) bond motifs is 1. The van der Waals surface area contributed by atoms with Crippen molar-refractivity contribution in [3.05, 3.63) is 104 Å². The van der Waals surface area contributed by atoms with Crippen molar-refractivity contribution in [1.82, 2.24) is 14.1 Å². The fraction of sp³-hybridized carbons (Fsp3) is 0.222. The van der Waals surface area contributed by atoms with Gasteiger partial charge in [0.1, 0.15) is 10.5 Å². The lowest BCUT2D eigenvalue weighted by Gasteiger charge is -2.19. The van der Waals surface area contributed by atoms with Gasteiger partial charge >= 0.3 is 0 Å². The Kier molecular flexibility index (Phi) is 6.53. The zero-order valence-electron chi connectivity index (χ0n) is 19.7. The number of aromatic nitrogens is 3. The van der Waals surface area contributed by atoms with Crippen LogP contribution < -0.4 is 5.56 Å². The van der Waals surface area contributed by atoms with Gasteiger partial charge in [0.15, 0.2) is 14.8 Å². The van der Waals surface area contributed by atoms with E-state index in [1.807, 2.05) is 47.0 Å². The summed E-state index contributed by atoms with van der Waals surface area (Å²) in [5.74, 6) is 1.46. The van der Waals surface area contributed by atoms with Crippen LogP contribution in [-0.2, 0) is 17.7 Å². The van der Waals surface area contributed by atoms with Crippen LogP contribution in [-0.4, -0.2) is 14.1 Å². The Morgan fingerprint density at radius 3 is 2.43 bits per heavy atom. The summed E-state index contributed by atoms with van der Waals surface area (Å²) in [6, 6.07) is 22.0. The Labute approximate surface area is 217 Å². The predicted molar refractivity (Wildman–Crippen MR) is 147 cm³/mol. The van der Waals surface area contributed by atoms with E-state index in [0.717, 1.165) is 11.4 Å². The first kappa shape index (κ1) is 23.8. The first-order chi connectivity index (χ1) is 16.8. The minimum atomic E-state index is -0.110. The molecule has 0 radical (unpaired) electrons. The smallest absolute Gasteiger partial charge is 0.278 e. The van der Waals surface area contributed by atoms with Crippen molar-refractivity contribution in [2.45, 2.75) is 43.6 Å². The summed E-state index contributed by atoms with van der Waals surface area (Å²) in [5, 5.41) is 0.634. The highest BCUT2D eigenvalue weighted by molar-refractivity contribution is 7.98. The van der Waals surface area contributed by atoms with Crippen molar-refractivity contribution in [2.24, 2.45) is 0 Å². The lowest BCUT2D eigenvalue weighted by Crippen LogP contribution is -2.21. The predicted octanol–water partition coefficient (Wildman–Crippen LogP) is 7.21. The number of rotatable bonds is 6. The van der Waals surface area contributed by atoms with E-state index in [-0.39, 0.29) is 11.0 Å². The molecule has 8 heteroatoms. The second-order valence-electron chi connectivity index (χ2n) is 9.29. The van der Waals surface area contributed by atoms with Crippen LogP contribution in [0.4, 0.5) is 0 Å². The molecule has 5 rings (SSSR count). The fourth-order valence-electron chi connectivity index (χ4n) is 3.82. The molecule has 0 saturated heterocycles. The van der Waals surface area contributed by atoms with Gasteiger partial charge in [-0.3, -0.25) is 13.9 Å². The zero-order valence-corrected chi connectivity index (χ0v) is 22.2. The zero-order chi connectivity index (χ0) is 24.6. The van der Waals surface area contributed by atoms with Gasteiger partial charge in [-0.1, -0.05) is 86.3 Å². The van der Waals surface area contributed by atoms with Crippen LogP contribution in [0.25, 0.3) is 16.0 Å². The summed E-state index contributed by atoms with van der Waals surface area (Å²) in [4.78, 5) is 18.7. The van der Waals surface area contributed by atoms with Crippen molar-refractivity contribution < 1.29 is 4.42 Å². The van der Waals surface area contributed by atoms with Crippen LogP contribution in [0, 0.1) is 3.95 Å². The van der Waals surface area contributed by atoms with Crippen LogP contribution in [0.1, 0.15) is 37.7 Å². The molecule has 0 N–H and O–H groups in total. The van der Waals surface area contributed by atoms with Crippen molar-refractivity contribution in [2.75, 3.05) is 0 Å².